The first-order valence-corrected chi connectivity index (χ1v) is 9.25. The Hall–Kier alpha value is -3.06. The maximum Gasteiger partial charge on any atom is 0.305 e. The fourth-order valence-electron chi connectivity index (χ4n) is 2.62. The second kappa shape index (κ2) is 8.75. The van der Waals surface area contributed by atoms with Crippen LogP contribution in [0.2, 0.25) is 0 Å². The number of nitrogens with zero attached hydrogens (tertiary/aromatic N) is 2. The van der Waals surface area contributed by atoms with Crippen molar-refractivity contribution in [2.24, 2.45) is 0 Å². The van der Waals surface area contributed by atoms with E-state index in [-0.39, 0.29) is 18.7 Å². The molecule has 3 rings (SSSR count). The molecule has 3 aromatic rings. The number of hydrogen-bond donors (Lipinski definition) is 1. The Morgan fingerprint density at radius 2 is 1.93 bits per heavy atom. The lowest BCUT2D eigenvalue weighted by Crippen LogP contribution is -2.04. The van der Waals surface area contributed by atoms with Crippen LogP contribution in [0.4, 0.5) is 4.39 Å². The minimum Gasteiger partial charge on any atom is -0.481 e. The highest BCUT2D eigenvalue weighted by Crippen LogP contribution is 2.26. The number of carbonyl (C=O) groups is 2. The summed E-state index contributed by atoms with van der Waals surface area (Å²) in [4.78, 5) is 23.2. The van der Waals surface area contributed by atoms with Gasteiger partial charge in [0.1, 0.15) is 5.82 Å². The molecule has 0 atom stereocenters. The summed E-state index contributed by atoms with van der Waals surface area (Å²) in [5.74, 6) is -1.58. The van der Waals surface area contributed by atoms with Crippen molar-refractivity contribution in [3.8, 4) is 11.3 Å². The fraction of sp³-hybridized carbons (Fsp3) is 0.0952. The van der Waals surface area contributed by atoms with Crippen LogP contribution in [0.5, 0.6) is 0 Å². The van der Waals surface area contributed by atoms with Crippen LogP contribution in [-0.2, 0) is 11.3 Å². The van der Waals surface area contributed by atoms with Crippen molar-refractivity contribution in [1.82, 2.24) is 9.78 Å². The second-order valence-corrected chi connectivity index (χ2v) is 6.97. The standard InChI is InChI=1S/C21H16BrFN2O3/c22-17-3-1-2-15(12-17)21-16(13-25(24-21)11-10-20(27)28)6-9-19(26)14-4-7-18(23)8-5-14/h1-9,12-13H,10-11H2,(H,27,28)/b9-6-. The SMILES string of the molecule is O=C(O)CCn1cc(/C=C\C(=O)c2ccc(F)cc2)c(-c2cccc(Br)c2)n1. The quantitative estimate of drug-likeness (QED) is 0.420. The predicted octanol–water partition coefficient (Wildman–Crippen LogP) is 4.82. The smallest absolute Gasteiger partial charge is 0.305 e. The Morgan fingerprint density at radius 1 is 1.18 bits per heavy atom. The van der Waals surface area contributed by atoms with Gasteiger partial charge in [-0.1, -0.05) is 28.1 Å². The summed E-state index contributed by atoms with van der Waals surface area (Å²) in [5, 5.41) is 13.4. The largest absolute Gasteiger partial charge is 0.481 e. The molecule has 1 N–H and O–H groups in total. The van der Waals surface area contributed by atoms with Gasteiger partial charge in [-0.05, 0) is 48.6 Å². The Labute approximate surface area is 169 Å². The Balaban J connectivity index is 1.92. The van der Waals surface area contributed by atoms with Crippen molar-refractivity contribution in [3.05, 3.63) is 82.2 Å². The molecule has 0 radical (unpaired) electrons. The fourth-order valence-corrected chi connectivity index (χ4v) is 3.02. The molecule has 0 saturated heterocycles. The van der Waals surface area contributed by atoms with Crippen LogP contribution in [0.1, 0.15) is 22.3 Å². The van der Waals surface area contributed by atoms with Gasteiger partial charge >= 0.3 is 5.97 Å². The van der Waals surface area contributed by atoms with E-state index in [1.165, 1.54) is 30.3 Å². The molecule has 0 aliphatic carbocycles. The lowest BCUT2D eigenvalue weighted by Gasteiger charge is -2.00. The number of halogens is 2. The van der Waals surface area contributed by atoms with Gasteiger partial charge in [-0.15, -0.1) is 0 Å². The van der Waals surface area contributed by atoms with Gasteiger partial charge < -0.3 is 5.11 Å². The second-order valence-electron chi connectivity index (χ2n) is 6.05. The average Bonchev–Trinajstić information content (AvgIpc) is 3.08. The third-order valence-corrected chi connectivity index (χ3v) is 4.48. The van der Waals surface area contributed by atoms with E-state index in [4.69, 9.17) is 5.11 Å². The van der Waals surface area contributed by atoms with Gasteiger partial charge in [-0.25, -0.2) is 4.39 Å². The van der Waals surface area contributed by atoms with Crippen molar-refractivity contribution in [2.45, 2.75) is 13.0 Å². The third-order valence-electron chi connectivity index (χ3n) is 3.99. The van der Waals surface area contributed by atoms with E-state index in [2.05, 4.69) is 21.0 Å². The van der Waals surface area contributed by atoms with Gasteiger partial charge in [-0.3, -0.25) is 14.3 Å². The Kier molecular flexibility index (Phi) is 6.16. The highest BCUT2D eigenvalue weighted by molar-refractivity contribution is 9.10. The number of aromatic nitrogens is 2. The van der Waals surface area contributed by atoms with Crippen molar-refractivity contribution < 1.29 is 19.1 Å². The van der Waals surface area contributed by atoms with E-state index in [1.807, 2.05) is 24.3 Å². The van der Waals surface area contributed by atoms with Gasteiger partial charge in [0.05, 0.1) is 18.7 Å². The highest BCUT2D eigenvalue weighted by Gasteiger charge is 2.11. The van der Waals surface area contributed by atoms with Gasteiger partial charge in [0, 0.05) is 27.4 Å². The summed E-state index contributed by atoms with van der Waals surface area (Å²) in [6.45, 7) is 0.218. The topological polar surface area (TPSA) is 72.2 Å². The van der Waals surface area contributed by atoms with Crippen LogP contribution in [0.25, 0.3) is 17.3 Å². The van der Waals surface area contributed by atoms with Gasteiger partial charge in [0.25, 0.3) is 0 Å². The number of benzene rings is 2. The predicted molar refractivity (Wildman–Crippen MR) is 107 cm³/mol. The summed E-state index contributed by atoms with van der Waals surface area (Å²) in [5.41, 5.74) is 2.52. The maximum absolute atomic E-state index is 13.0. The van der Waals surface area contributed by atoms with Crippen molar-refractivity contribution in [1.29, 1.82) is 0 Å². The summed E-state index contributed by atoms with van der Waals surface area (Å²) < 4.78 is 15.4. The number of ketones is 1. The molecule has 1 aromatic heterocycles. The lowest BCUT2D eigenvalue weighted by molar-refractivity contribution is -0.137. The van der Waals surface area contributed by atoms with E-state index in [1.54, 1.807) is 17.0 Å². The third kappa shape index (κ3) is 5.01. The summed E-state index contributed by atoms with van der Waals surface area (Å²) in [7, 11) is 0. The minimum atomic E-state index is -0.914. The molecule has 7 heteroatoms. The van der Waals surface area contributed by atoms with Gasteiger partial charge in [0.15, 0.2) is 5.78 Å². The number of allylic oxidation sites excluding steroid dienone is 1. The van der Waals surface area contributed by atoms with Crippen LogP contribution >= 0.6 is 15.9 Å². The molecule has 0 spiro atoms. The summed E-state index contributed by atoms with van der Waals surface area (Å²) >= 11 is 3.42. The van der Waals surface area contributed by atoms with Gasteiger partial charge in [0.2, 0.25) is 0 Å². The van der Waals surface area contributed by atoms with Crippen molar-refractivity contribution in [2.75, 3.05) is 0 Å². The highest BCUT2D eigenvalue weighted by atomic mass is 79.9. The van der Waals surface area contributed by atoms with E-state index < -0.39 is 11.8 Å². The maximum atomic E-state index is 13.0. The molecule has 0 aliphatic heterocycles. The molecule has 142 valence electrons. The molecular formula is C21H16BrFN2O3. The molecule has 5 nitrogen and oxygen atoms in total. The van der Waals surface area contributed by atoms with Crippen LogP contribution in [0, 0.1) is 5.82 Å². The van der Waals surface area contributed by atoms with Crippen LogP contribution < -0.4 is 0 Å². The van der Waals surface area contributed by atoms with Crippen LogP contribution in [0.3, 0.4) is 0 Å². The van der Waals surface area contributed by atoms with E-state index >= 15 is 0 Å². The monoisotopic (exact) mass is 442 g/mol. The molecular weight excluding hydrogens is 427 g/mol. The van der Waals surface area contributed by atoms with E-state index in [9.17, 15) is 14.0 Å². The number of carboxylic acid groups (broad SMARTS) is 1. The number of aliphatic carboxylic acids is 1. The zero-order chi connectivity index (χ0) is 20.1. The van der Waals surface area contributed by atoms with Crippen molar-refractivity contribution in [3.63, 3.8) is 0 Å². The first kappa shape index (κ1) is 19.7. The molecule has 0 unspecified atom stereocenters. The number of carbonyl (C=O) groups excluding carboxylic acids is 1. The normalized spacial score (nSPS) is 11.1. The van der Waals surface area contributed by atoms with E-state index in [0.29, 0.717) is 16.8 Å². The molecule has 0 fully saturated rings. The molecule has 0 amide bonds. The molecule has 0 bridgehead atoms. The van der Waals surface area contributed by atoms with Crippen LogP contribution in [0.15, 0.2) is 65.3 Å². The molecule has 1 heterocycles. The zero-order valence-corrected chi connectivity index (χ0v) is 16.3. The zero-order valence-electron chi connectivity index (χ0n) is 14.7. The Morgan fingerprint density at radius 3 is 2.61 bits per heavy atom. The number of hydrogen-bond acceptors (Lipinski definition) is 3. The molecule has 2 aromatic carbocycles. The van der Waals surface area contributed by atoms with Crippen LogP contribution in [-0.4, -0.2) is 26.6 Å². The van der Waals surface area contributed by atoms with Gasteiger partial charge in [-0.2, -0.15) is 5.10 Å². The van der Waals surface area contributed by atoms with Crippen molar-refractivity contribution >= 4 is 33.8 Å². The summed E-state index contributed by atoms with van der Waals surface area (Å²) in [6, 6.07) is 12.8. The number of carboxylic acids is 1. The first-order chi connectivity index (χ1) is 13.4. The summed E-state index contributed by atoms with van der Waals surface area (Å²) in [6.07, 6.45) is 4.67. The molecule has 0 saturated carbocycles. The molecule has 28 heavy (non-hydrogen) atoms. The number of aryl methyl sites for hydroxylation is 1. The number of rotatable bonds is 7. The molecule has 0 aliphatic rings. The lowest BCUT2D eigenvalue weighted by atomic mass is 10.1. The van der Waals surface area contributed by atoms with E-state index in [0.717, 1.165) is 10.0 Å². The minimum absolute atomic E-state index is 0.0583. The first-order valence-electron chi connectivity index (χ1n) is 8.45. The Bertz CT molecular complexity index is 1040. The average molecular weight is 443 g/mol.